The summed E-state index contributed by atoms with van der Waals surface area (Å²) in [5.74, 6) is 0.328. The fourth-order valence-corrected chi connectivity index (χ4v) is 4.69. The van der Waals surface area contributed by atoms with Crippen LogP contribution in [0.5, 0.6) is 0 Å². The van der Waals surface area contributed by atoms with Gasteiger partial charge in [0.1, 0.15) is 6.04 Å². The molecule has 1 aromatic carbocycles. The van der Waals surface area contributed by atoms with Gasteiger partial charge in [0.2, 0.25) is 11.8 Å². The second-order valence-corrected chi connectivity index (χ2v) is 8.48. The number of nitrogens with zero attached hydrogens (tertiary/aromatic N) is 3. The minimum Gasteiger partial charge on any atom is -0.338 e. The van der Waals surface area contributed by atoms with E-state index in [1.165, 1.54) is 0 Å². The van der Waals surface area contributed by atoms with Crippen LogP contribution in [0.3, 0.4) is 0 Å². The Balaban J connectivity index is 1.17. The number of hydrazine groups is 1. The van der Waals surface area contributed by atoms with Crippen molar-refractivity contribution in [3.8, 4) is 0 Å². The van der Waals surface area contributed by atoms with Gasteiger partial charge < -0.3 is 9.80 Å². The van der Waals surface area contributed by atoms with Gasteiger partial charge in [-0.25, -0.2) is 10.9 Å². The molecule has 2 unspecified atom stereocenters. The first-order valence-electron chi connectivity index (χ1n) is 10.7. The average Bonchev–Trinajstić information content (AvgIpc) is 3.49. The van der Waals surface area contributed by atoms with Crippen molar-refractivity contribution in [1.82, 2.24) is 25.6 Å². The molecular formula is C23H27N5O2. The predicted molar refractivity (Wildman–Crippen MR) is 112 cm³/mol. The first kappa shape index (κ1) is 19.2. The first-order valence-corrected chi connectivity index (χ1v) is 10.7. The van der Waals surface area contributed by atoms with E-state index in [0.717, 1.165) is 24.0 Å². The molecule has 5 rings (SSSR count). The maximum absolute atomic E-state index is 13.2. The van der Waals surface area contributed by atoms with Gasteiger partial charge >= 0.3 is 0 Å². The number of nitrogens with one attached hydrogen (secondary N) is 2. The van der Waals surface area contributed by atoms with Crippen LogP contribution in [0.2, 0.25) is 0 Å². The summed E-state index contributed by atoms with van der Waals surface area (Å²) >= 11 is 0. The Hall–Kier alpha value is -2.77. The molecule has 1 aromatic heterocycles. The molecule has 2 N–H and O–H groups in total. The van der Waals surface area contributed by atoms with E-state index >= 15 is 0 Å². The van der Waals surface area contributed by atoms with E-state index in [1.807, 2.05) is 40.1 Å². The molecule has 1 saturated carbocycles. The highest BCUT2D eigenvalue weighted by atomic mass is 16.2. The van der Waals surface area contributed by atoms with Crippen molar-refractivity contribution in [3.05, 3.63) is 66.0 Å². The van der Waals surface area contributed by atoms with Crippen molar-refractivity contribution < 1.29 is 9.59 Å². The number of amides is 2. The van der Waals surface area contributed by atoms with Crippen molar-refractivity contribution >= 4 is 11.8 Å². The number of hydrogen-bond acceptors (Lipinski definition) is 5. The monoisotopic (exact) mass is 405 g/mol. The Morgan fingerprint density at radius 1 is 0.900 bits per heavy atom. The van der Waals surface area contributed by atoms with Gasteiger partial charge in [0.15, 0.2) is 0 Å². The summed E-state index contributed by atoms with van der Waals surface area (Å²) in [7, 11) is 0. The molecule has 0 radical (unpaired) electrons. The molecule has 2 aliphatic heterocycles. The Bertz CT molecular complexity index is 908. The highest BCUT2D eigenvalue weighted by Gasteiger charge is 2.53. The summed E-state index contributed by atoms with van der Waals surface area (Å²) in [6.45, 7) is 2.39. The molecule has 1 aliphatic carbocycles. The number of carbonyl (C=O) groups is 2. The number of pyridine rings is 1. The third-order valence-corrected chi connectivity index (χ3v) is 6.67. The van der Waals surface area contributed by atoms with Crippen molar-refractivity contribution in [1.29, 1.82) is 0 Å². The van der Waals surface area contributed by atoms with Crippen LogP contribution in [-0.2, 0) is 15.0 Å². The van der Waals surface area contributed by atoms with Gasteiger partial charge in [-0.05, 0) is 42.5 Å². The van der Waals surface area contributed by atoms with Crippen molar-refractivity contribution in [2.24, 2.45) is 0 Å². The zero-order valence-corrected chi connectivity index (χ0v) is 17.0. The Morgan fingerprint density at radius 2 is 1.57 bits per heavy atom. The maximum atomic E-state index is 13.2. The number of carbonyl (C=O) groups excluding carboxylic acids is 2. The van der Waals surface area contributed by atoms with E-state index in [-0.39, 0.29) is 29.3 Å². The lowest BCUT2D eigenvalue weighted by atomic mass is 9.94. The lowest BCUT2D eigenvalue weighted by Crippen LogP contribution is -2.56. The highest BCUT2D eigenvalue weighted by Crippen LogP contribution is 2.49. The SMILES string of the molecule is O=C(C1CC(c2ccncc2)NN1)N1CCN(C(=O)C2(c3ccccc3)CC2)CC1. The van der Waals surface area contributed by atoms with Crippen molar-refractivity contribution in [2.75, 3.05) is 26.2 Å². The molecule has 7 nitrogen and oxygen atoms in total. The van der Waals surface area contributed by atoms with E-state index in [1.54, 1.807) is 12.4 Å². The van der Waals surface area contributed by atoms with E-state index in [2.05, 4.69) is 28.0 Å². The molecule has 2 atom stereocenters. The molecule has 2 amide bonds. The molecular weight excluding hydrogens is 378 g/mol. The molecule has 3 aliphatic rings. The van der Waals surface area contributed by atoms with Gasteiger partial charge in [0.25, 0.3) is 0 Å². The van der Waals surface area contributed by atoms with Crippen LogP contribution in [-0.4, -0.2) is 58.8 Å². The summed E-state index contributed by atoms with van der Waals surface area (Å²) in [5.41, 5.74) is 8.29. The molecule has 3 fully saturated rings. The molecule has 7 heteroatoms. The number of hydrogen-bond donors (Lipinski definition) is 2. The summed E-state index contributed by atoms with van der Waals surface area (Å²) < 4.78 is 0. The van der Waals surface area contributed by atoms with Crippen LogP contribution in [0.15, 0.2) is 54.9 Å². The second kappa shape index (κ2) is 7.81. The lowest BCUT2D eigenvalue weighted by Gasteiger charge is -2.37. The maximum Gasteiger partial charge on any atom is 0.241 e. The van der Waals surface area contributed by atoms with Gasteiger partial charge in [-0.3, -0.25) is 14.6 Å². The van der Waals surface area contributed by atoms with E-state index in [0.29, 0.717) is 32.6 Å². The van der Waals surface area contributed by atoms with Gasteiger partial charge in [0.05, 0.1) is 5.41 Å². The highest BCUT2D eigenvalue weighted by molar-refractivity contribution is 5.91. The minimum absolute atomic E-state index is 0.102. The fourth-order valence-electron chi connectivity index (χ4n) is 4.69. The Morgan fingerprint density at radius 3 is 2.23 bits per heavy atom. The van der Waals surface area contributed by atoms with E-state index < -0.39 is 0 Å². The third kappa shape index (κ3) is 3.48. The summed E-state index contributed by atoms with van der Waals surface area (Å²) in [6, 6.07) is 13.9. The van der Waals surface area contributed by atoms with Gasteiger partial charge in [-0.1, -0.05) is 30.3 Å². The zero-order valence-electron chi connectivity index (χ0n) is 17.0. The van der Waals surface area contributed by atoms with Crippen LogP contribution >= 0.6 is 0 Å². The Labute approximate surface area is 176 Å². The molecule has 3 heterocycles. The lowest BCUT2D eigenvalue weighted by molar-refractivity contribution is -0.142. The average molecular weight is 406 g/mol. The van der Waals surface area contributed by atoms with Crippen molar-refractivity contribution in [2.45, 2.75) is 36.8 Å². The second-order valence-electron chi connectivity index (χ2n) is 8.48. The van der Waals surface area contributed by atoms with Gasteiger partial charge in [-0.2, -0.15) is 0 Å². The van der Waals surface area contributed by atoms with E-state index in [4.69, 9.17) is 0 Å². The Kier molecular flexibility index (Phi) is 5.00. The van der Waals surface area contributed by atoms with Crippen LogP contribution < -0.4 is 10.9 Å². The summed E-state index contributed by atoms with van der Waals surface area (Å²) in [4.78, 5) is 34.1. The molecule has 2 saturated heterocycles. The quantitative estimate of drug-likeness (QED) is 0.804. The number of piperazine rings is 1. The fraction of sp³-hybridized carbons (Fsp3) is 0.435. The molecule has 156 valence electrons. The van der Waals surface area contributed by atoms with Gasteiger partial charge in [0, 0.05) is 44.6 Å². The molecule has 30 heavy (non-hydrogen) atoms. The first-order chi connectivity index (χ1) is 14.7. The zero-order chi connectivity index (χ0) is 20.6. The predicted octanol–water partition coefficient (Wildman–Crippen LogP) is 1.39. The number of benzene rings is 1. The number of rotatable bonds is 4. The van der Waals surface area contributed by atoms with Crippen LogP contribution in [0.4, 0.5) is 0 Å². The minimum atomic E-state index is -0.331. The third-order valence-electron chi connectivity index (χ3n) is 6.67. The van der Waals surface area contributed by atoms with Crippen LogP contribution in [0.1, 0.15) is 36.4 Å². The molecule has 0 spiro atoms. The van der Waals surface area contributed by atoms with E-state index in [9.17, 15) is 9.59 Å². The summed E-state index contributed by atoms with van der Waals surface area (Å²) in [6.07, 6.45) is 6.08. The van der Waals surface area contributed by atoms with Gasteiger partial charge in [-0.15, -0.1) is 0 Å². The largest absolute Gasteiger partial charge is 0.338 e. The van der Waals surface area contributed by atoms with Crippen LogP contribution in [0.25, 0.3) is 0 Å². The molecule has 2 aromatic rings. The number of aromatic nitrogens is 1. The standard InChI is InChI=1S/C23H27N5O2/c29-21(20-16-19(25-26-20)17-6-10-24-11-7-17)27-12-14-28(15-13-27)22(30)23(8-9-23)18-4-2-1-3-5-18/h1-7,10-11,19-20,25-26H,8-9,12-16H2. The summed E-state index contributed by atoms with van der Waals surface area (Å²) in [5, 5.41) is 0. The normalized spacial score (nSPS) is 25.2. The smallest absolute Gasteiger partial charge is 0.241 e. The van der Waals surface area contributed by atoms with Crippen LogP contribution in [0, 0.1) is 0 Å². The van der Waals surface area contributed by atoms with Crippen molar-refractivity contribution in [3.63, 3.8) is 0 Å². The topological polar surface area (TPSA) is 77.6 Å². The molecule has 0 bridgehead atoms.